The number of nitrogens with one attached hydrogen (secondary N) is 1. The van der Waals surface area contributed by atoms with Gasteiger partial charge in [-0.2, -0.15) is 0 Å². The van der Waals surface area contributed by atoms with Crippen LogP contribution in [-0.2, 0) is 11.0 Å². The summed E-state index contributed by atoms with van der Waals surface area (Å²) in [6.07, 6.45) is 2.16. The van der Waals surface area contributed by atoms with Crippen molar-refractivity contribution < 1.29 is 0 Å². The van der Waals surface area contributed by atoms with Gasteiger partial charge < -0.3 is 5.32 Å². The van der Waals surface area contributed by atoms with Crippen molar-refractivity contribution in [2.75, 3.05) is 7.05 Å². The first-order valence-electron chi connectivity index (χ1n) is 6.05. The Morgan fingerprint density at radius 2 is 1.81 bits per heavy atom. The molecule has 0 amide bonds. The van der Waals surface area contributed by atoms with E-state index in [1.165, 1.54) is 10.7 Å². The van der Waals surface area contributed by atoms with E-state index in [1.54, 1.807) is 11.3 Å². The minimum Gasteiger partial charge on any atom is -0.308 e. The minimum atomic E-state index is 0.0637. The van der Waals surface area contributed by atoms with E-state index < -0.39 is 0 Å². The first-order valence-corrected chi connectivity index (χ1v) is 6.93. The Bertz CT molecular complexity index is 324. The molecule has 1 N–H and O–H groups in total. The van der Waals surface area contributed by atoms with Gasteiger partial charge in [0.25, 0.3) is 0 Å². The summed E-state index contributed by atoms with van der Waals surface area (Å²) in [5.41, 5.74) is 1.41. The molecule has 16 heavy (non-hydrogen) atoms. The van der Waals surface area contributed by atoms with Gasteiger partial charge in [0.15, 0.2) is 0 Å². The van der Waals surface area contributed by atoms with Crippen LogP contribution in [0, 0.1) is 0 Å². The second-order valence-corrected chi connectivity index (χ2v) is 6.19. The Morgan fingerprint density at radius 1 is 1.25 bits per heavy atom. The van der Waals surface area contributed by atoms with E-state index >= 15 is 0 Å². The van der Waals surface area contributed by atoms with Crippen LogP contribution in [0.3, 0.4) is 0 Å². The maximum atomic E-state index is 4.82. The summed E-state index contributed by atoms with van der Waals surface area (Å²) >= 11 is 1.78. The predicted molar refractivity (Wildman–Crippen MR) is 72.1 cm³/mol. The second-order valence-electron chi connectivity index (χ2n) is 5.33. The topological polar surface area (TPSA) is 24.9 Å². The monoisotopic (exact) mass is 240 g/mol. The molecule has 1 aromatic rings. The third-order valence-electron chi connectivity index (χ3n) is 3.37. The molecule has 0 radical (unpaired) electrons. The largest absolute Gasteiger partial charge is 0.308 e. The molecular formula is C13H24N2S. The molecule has 0 spiro atoms. The van der Waals surface area contributed by atoms with Crippen molar-refractivity contribution >= 4 is 11.3 Å². The standard InChI is InChI=1S/C13H24N2S/c1-7-13(8-2,14-6)11-15-10(9-16-11)12(3,4)5/h9,14H,7-8H2,1-6H3. The van der Waals surface area contributed by atoms with Crippen LogP contribution in [0.25, 0.3) is 0 Å². The van der Waals surface area contributed by atoms with Gasteiger partial charge in [0.1, 0.15) is 5.01 Å². The van der Waals surface area contributed by atoms with Crippen molar-refractivity contribution in [1.29, 1.82) is 0 Å². The molecule has 3 heteroatoms. The van der Waals surface area contributed by atoms with Crippen molar-refractivity contribution in [3.05, 3.63) is 16.1 Å². The Labute approximate surface area is 103 Å². The first-order chi connectivity index (χ1) is 7.39. The van der Waals surface area contributed by atoms with Gasteiger partial charge in [-0.3, -0.25) is 0 Å². The summed E-state index contributed by atoms with van der Waals surface area (Å²) in [7, 11) is 2.03. The quantitative estimate of drug-likeness (QED) is 0.868. The Hall–Kier alpha value is -0.410. The van der Waals surface area contributed by atoms with E-state index in [2.05, 4.69) is 45.3 Å². The van der Waals surface area contributed by atoms with Crippen LogP contribution in [0.1, 0.15) is 58.2 Å². The van der Waals surface area contributed by atoms with E-state index in [0.717, 1.165) is 12.8 Å². The van der Waals surface area contributed by atoms with Crippen LogP contribution in [0.2, 0.25) is 0 Å². The molecular weight excluding hydrogens is 216 g/mol. The molecule has 0 unspecified atom stereocenters. The minimum absolute atomic E-state index is 0.0637. The van der Waals surface area contributed by atoms with E-state index in [0.29, 0.717) is 0 Å². The van der Waals surface area contributed by atoms with Gasteiger partial charge in [-0.25, -0.2) is 4.98 Å². The van der Waals surface area contributed by atoms with E-state index in [1.807, 2.05) is 7.05 Å². The summed E-state index contributed by atoms with van der Waals surface area (Å²) in [5.74, 6) is 0. The van der Waals surface area contributed by atoms with Gasteiger partial charge in [-0.05, 0) is 19.9 Å². The van der Waals surface area contributed by atoms with Gasteiger partial charge in [-0.1, -0.05) is 34.6 Å². The zero-order chi connectivity index (χ0) is 12.4. The number of nitrogens with zero attached hydrogens (tertiary/aromatic N) is 1. The SMILES string of the molecule is CCC(CC)(NC)c1nc(C(C)(C)C)cs1. The van der Waals surface area contributed by atoms with Crippen LogP contribution < -0.4 is 5.32 Å². The molecule has 1 rings (SSSR count). The first kappa shape index (κ1) is 13.7. The van der Waals surface area contributed by atoms with Crippen LogP contribution >= 0.6 is 11.3 Å². The molecule has 92 valence electrons. The smallest absolute Gasteiger partial charge is 0.113 e. The van der Waals surface area contributed by atoms with Crippen LogP contribution in [-0.4, -0.2) is 12.0 Å². The lowest BCUT2D eigenvalue weighted by Crippen LogP contribution is -2.38. The van der Waals surface area contributed by atoms with Gasteiger partial charge in [-0.15, -0.1) is 11.3 Å². The fourth-order valence-electron chi connectivity index (χ4n) is 1.85. The van der Waals surface area contributed by atoms with Crippen LogP contribution in [0.15, 0.2) is 5.38 Å². The average Bonchev–Trinajstić information content (AvgIpc) is 2.71. The fraction of sp³-hybridized carbons (Fsp3) is 0.769. The lowest BCUT2D eigenvalue weighted by atomic mass is 9.91. The molecule has 0 atom stereocenters. The van der Waals surface area contributed by atoms with Crippen LogP contribution in [0.5, 0.6) is 0 Å². The van der Waals surface area contributed by atoms with Gasteiger partial charge in [0.2, 0.25) is 0 Å². The second kappa shape index (κ2) is 4.84. The normalized spacial score (nSPS) is 13.1. The summed E-state index contributed by atoms with van der Waals surface area (Å²) < 4.78 is 0. The highest BCUT2D eigenvalue weighted by Crippen LogP contribution is 2.33. The predicted octanol–water partition coefficient (Wildman–Crippen LogP) is 3.68. The molecule has 0 saturated carbocycles. The zero-order valence-corrected chi connectivity index (χ0v) is 12.2. The molecule has 2 nitrogen and oxygen atoms in total. The fourth-order valence-corrected chi connectivity index (χ4v) is 3.25. The average molecular weight is 240 g/mol. The zero-order valence-electron chi connectivity index (χ0n) is 11.3. The number of rotatable bonds is 4. The Morgan fingerprint density at radius 3 is 2.12 bits per heavy atom. The number of hydrogen-bond donors (Lipinski definition) is 1. The molecule has 1 heterocycles. The lowest BCUT2D eigenvalue weighted by Gasteiger charge is -2.29. The maximum absolute atomic E-state index is 4.82. The van der Waals surface area contributed by atoms with Gasteiger partial charge in [0.05, 0.1) is 11.2 Å². The molecule has 0 fully saturated rings. The third-order valence-corrected chi connectivity index (χ3v) is 4.41. The summed E-state index contributed by atoms with van der Waals surface area (Å²) in [6.45, 7) is 11.1. The highest BCUT2D eigenvalue weighted by molar-refractivity contribution is 7.09. The maximum Gasteiger partial charge on any atom is 0.113 e. The molecule has 0 aliphatic carbocycles. The Balaban J connectivity index is 3.09. The number of hydrogen-bond acceptors (Lipinski definition) is 3. The molecule has 0 saturated heterocycles. The van der Waals surface area contributed by atoms with Crippen LogP contribution in [0.4, 0.5) is 0 Å². The van der Waals surface area contributed by atoms with Crippen molar-refractivity contribution in [3.8, 4) is 0 Å². The highest BCUT2D eigenvalue weighted by Gasteiger charge is 2.31. The molecule has 0 bridgehead atoms. The molecule has 1 aromatic heterocycles. The Kier molecular flexibility index (Phi) is 4.13. The number of thiazole rings is 1. The highest BCUT2D eigenvalue weighted by atomic mass is 32.1. The summed E-state index contributed by atoms with van der Waals surface area (Å²) in [6, 6.07) is 0. The van der Waals surface area contributed by atoms with Crippen molar-refractivity contribution in [1.82, 2.24) is 10.3 Å². The molecule has 0 aliphatic rings. The van der Waals surface area contributed by atoms with E-state index in [9.17, 15) is 0 Å². The van der Waals surface area contributed by atoms with Crippen molar-refractivity contribution in [2.24, 2.45) is 0 Å². The third kappa shape index (κ3) is 2.46. The lowest BCUT2D eigenvalue weighted by molar-refractivity contribution is 0.331. The van der Waals surface area contributed by atoms with Gasteiger partial charge in [0, 0.05) is 10.8 Å². The van der Waals surface area contributed by atoms with E-state index in [4.69, 9.17) is 4.98 Å². The summed E-state index contributed by atoms with van der Waals surface area (Å²) in [4.78, 5) is 4.82. The molecule has 0 aliphatic heterocycles. The van der Waals surface area contributed by atoms with Crippen molar-refractivity contribution in [3.63, 3.8) is 0 Å². The number of aromatic nitrogens is 1. The van der Waals surface area contributed by atoms with E-state index in [-0.39, 0.29) is 11.0 Å². The van der Waals surface area contributed by atoms with Crippen molar-refractivity contribution in [2.45, 2.75) is 58.4 Å². The van der Waals surface area contributed by atoms with Gasteiger partial charge >= 0.3 is 0 Å². The summed E-state index contributed by atoms with van der Waals surface area (Å²) in [5, 5.41) is 6.87. The molecule has 0 aromatic carbocycles.